The maximum Gasteiger partial charge on any atom is 0.174 e. The van der Waals surface area contributed by atoms with E-state index in [0.29, 0.717) is 11.8 Å². The van der Waals surface area contributed by atoms with E-state index in [1.54, 1.807) is 0 Å². The number of anilines is 2. The van der Waals surface area contributed by atoms with Crippen molar-refractivity contribution in [2.24, 2.45) is 11.8 Å². The SMILES string of the molecule is CC(C)C1Nc2ccc3c4c(ccc(c24)O1)N(C)C(C(C)C)O3. The molecule has 1 N–H and O–H groups in total. The number of nitrogens with zero attached hydrogens (tertiary/aromatic N) is 1. The van der Waals surface area contributed by atoms with E-state index in [9.17, 15) is 0 Å². The van der Waals surface area contributed by atoms with E-state index in [1.807, 2.05) is 0 Å². The Hall–Kier alpha value is -2.10. The smallest absolute Gasteiger partial charge is 0.174 e. The van der Waals surface area contributed by atoms with Gasteiger partial charge in [-0.2, -0.15) is 0 Å². The number of nitrogens with one attached hydrogen (secondary N) is 1. The van der Waals surface area contributed by atoms with Crippen LogP contribution in [0.5, 0.6) is 11.5 Å². The zero-order valence-electron chi connectivity index (χ0n) is 14.4. The molecule has 0 fully saturated rings. The first-order chi connectivity index (χ1) is 11.0. The summed E-state index contributed by atoms with van der Waals surface area (Å²) in [5, 5.41) is 5.79. The molecular weight excluding hydrogens is 288 g/mol. The fourth-order valence-corrected chi connectivity index (χ4v) is 3.58. The number of ether oxygens (including phenoxy) is 2. The molecule has 2 aliphatic rings. The van der Waals surface area contributed by atoms with Gasteiger partial charge in [-0.05, 0) is 24.3 Å². The first-order valence-electron chi connectivity index (χ1n) is 8.39. The van der Waals surface area contributed by atoms with Crippen molar-refractivity contribution in [1.82, 2.24) is 0 Å². The maximum atomic E-state index is 6.27. The number of hydrogen-bond acceptors (Lipinski definition) is 4. The second-order valence-electron chi connectivity index (χ2n) is 7.23. The molecule has 4 rings (SSSR count). The standard InChI is InChI=1S/C19H24N2O2/c1-10(2)18-20-12-6-8-15-17-13(7-9-14(22-18)16(12)17)21(5)19(23-15)11(3)4/h6-11,18-20H,1-5H3. The van der Waals surface area contributed by atoms with Crippen LogP contribution < -0.4 is 19.7 Å². The lowest BCUT2D eigenvalue weighted by molar-refractivity contribution is 0.148. The summed E-state index contributed by atoms with van der Waals surface area (Å²) in [5.41, 5.74) is 2.34. The number of hydrogen-bond donors (Lipinski definition) is 1. The molecule has 122 valence electrons. The summed E-state index contributed by atoms with van der Waals surface area (Å²) in [7, 11) is 2.10. The molecule has 0 aliphatic carbocycles. The normalized spacial score (nSPS) is 22.1. The van der Waals surface area contributed by atoms with Crippen LogP contribution in [0.25, 0.3) is 10.8 Å². The molecule has 2 unspecified atom stereocenters. The summed E-state index contributed by atoms with van der Waals surface area (Å²) < 4.78 is 12.4. The van der Waals surface area contributed by atoms with Crippen LogP contribution >= 0.6 is 0 Å². The predicted octanol–water partition coefficient (Wildman–Crippen LogP) is 4.44. The van der Waals surface area contributed by atoms with Crippen LogP contribution in [-0.4, -0.2) is 19.5 Å². The van der Waals surface area contributed by atoms with E-state index in [2.05, 4.69) is 69.2 Å². The monoisotopic (exact) mass is 312 g/mol. The quantitative estimate of drug-likeness (QED) is 0.889. The van der Waals surface area contributed by atoms with Crippen molar-refractivity contribution in [1.29, 1.82) is 0 Å². The minimum absolute atomic E-state index is 0.00685. The lowest BCUT2D eigenvalue weighted by Crippen LogP contribution is -2.43. The van der Waals surface area contributed by atoms with Crippen LogP contribution in [0.3, 0.4) is 0 Å². The van der Waals surface area contributed by atoms with E-state index in [-0.39, 0.29) is 12.5 Å². The highest BCUT2D eigenvalue weighted by Crippen LogP contribution is 2.49. The van der Waals surface area contributed by atoms with Crippen molar-refractivity contribution < 1.29 is 9.47 Å². The summed E-state index contributed by atoms with van der Waals surface area (Å²) in [6.07, 6.45) is 0.0648. The van der Waals surface area contributed by atoms with Gasteiger partial charge >= 0.3 is 0 Å². The van der Waals surface area contributed by atoms with E-state index < -0.39 is 0 Å². The first kappa shape index (κ1) is 14.5. The van der Waals surface area contributed by atoms with Crippen LogP contribution in [-0.2, 0) is 0 Å². The lowest BCUT2D eigenvalue weighted by Gasteiger charge is -2.40. The van der Waals surface area contributed by atoms with Gasteiger partial charge in [0.15, 0.2) is 12.5 Å². The molecule has 0 spiro atoms. The van der Waals surface area contributed by atoms with Crippen molar-refractivity contribution in [3.05, 3.63) is 24.3 Å². The van der Waals surface area contributed by atoms with E-state index >= 15 is 0 Å². The molecule has 4 heteroatoms. The average Bonchev–Trinajstić information content (AvgIpc) is 2.53. The fraction of sp³-hybridized carbons (Fsp3) is 0.474. The second-order valence-corrected chi connectivity index (χ2v) is 7.23. The van der Waals surface area contributed by atoms with Gasteiger partial charge in [-0.25, -0.2) is 0 Å². The third-order valence-electron chi connectivity index (χ3n) is 4.80. The van der Waals surface area contributed by atoms with Crippen molar-refractivity contribution in [2.45, 2.75) is 40.2 Å². The van der Waals surface area contributed by atoms with Gasteiger partial charge in [0, 0.05) is 24.6 Å². The van der Waals surface area contributed by atoms with E-state index in [1.165, 1.54) is 5.69 Å². The Morgan fingerprint density at radius 2 is 1.61 bits per heavy atom. The highest BCUT2D eigenvalue weighted by molar-refractivity contribution is 6.10. The van der Waals surface area contributed by atoms with Crippen LogP contribution in [0.1, 0.15) is 27.7 Å². The van der Waals surface area contributed by atoms with Crippen molar-refractivity contribution >= 4 is 22.1 Å². The summed E-state index contributed by atoms with van der Waals surface area (Å²) >= 11 is 0. The van der Waals surface area contributed by atoms with Crippen LogP contribution in [0.15, 0.2) is 24.3 Å². The van der Waals surface area contributed by atoms with Crippen molar-refractivity contribution in [3.8, 4) is 11.5 Å². The van der Waals surface area contributed by atoms with Gasteiger partial charge in [0.05, 0.1) is 16.5 Å². The molecule has 2 heterocycles. The van der Waals surface area contributed by atoms with Crippen LogP contribution in [0.4, 0.5) is 11.4 Å². The minimum atomic E-state index is 0.00685. The van der Waals surface area contributed by atoms with Gasteiger partial charge in [0.25, 0.3) is 0 Å². The van der Waals surface area contributed by atoms with Gasteiger partial charge in [-0.3, -0.25) is 0 Å². The van der Waals surface area contributed by atoms with Gasteiger partial charge in [0.1, 0.15) is 11.5 Å². The largest absolute Gasteiger partial charge is 0.470 e. The highest BCUT2D eigenvalue weighted by Gasteiger charge is 2.32. The molecule has 0 saturated heterocycles. The lowest BCUT2D eigenvalue weighted by atomic mass is 9.99. The average molecular weight is 312 g/mol. The summed E-state index contributed by atoms with van der Waals surface area (Å²) in [6, 6.07) is 8.46. The van der Waals surface area contributed by atoms with Gasteiger partial charge < -0.3 is 19.7 Å². The zero-order valence-corrected chi connectivity index (χ0v) is 14.4. The Balaban J connectivity index is 1.91. The topological polar surface area (TPSA) is 33.7 Å². The number of benzene rings is 2. The highest BCUT2D eigenvalue weighted by atomic mass is 16.5. The zero-order chi connectivity index (χ0) is 16.3. The molecule has 2 aromatic rings. The third kappa shape index (κ3) is 2.04. The van der Waals surface area contributed by atoms with E-state index in [4.69, 9.17) is 9.47 Å². The van der Waals surface area contributed by atoms with Gasteiger partial charge in [-0.15, -0.1) is 0 Å². The third-order valence-corrected chi connectivity index (χ3v) is 4.80. The summed E-state index contributed by atoms with van der Waals surface area (Å²) in [5.74, 6) is 2.70. The molecule has 0 radical (unpaired) electrons. The van der Waals surface area contributed by atoms with Crippen molar-refractivity contribution in [2.75, 3.05) is 17.3 Å². The van der Waals surface area contributed by atoms with Crippen molar-refractivity contribution in [3.63, 3.8) is 0 Å². The Bertz CT molecular complexity index is 757. The Labute approximate surface area is 137 Å². The predicted molar refractivity (Wildman–Crippen MR) is 94.5 cm³/mol. The molecule has 23 heavy (non-hydrogen) atoms. The molecule has 2 atom stereocenters. The molecular formula is C19H24N2O2. The minimum Gasteiger partial charge on any atom is -0.470 e. The van der Waals surface area contributed by atoms with Gasteiger partial charge in [0.2, 0.25) is 0 Å². The first-order valence-corrected chi connectivity index (χ1v) is 8.39. The molecule has 0 aromatic heterocycles. The molecule has 2 aromatic carbocycles. The van der Waals surface area contributed by atoms with E-state index in [0.717, 1.165) is 28.0 Å². The molecule has 2 aliphatic heterocycles. The Kier molecular flexibility index (Phi) is 3.12. The summed E-state index contributed by atoms with van der Waals surface area (Å²) in [6.45, 7) is 8.70. The van der Waals surface area contributed by atoms with Crippen LogP contribution in [0, 0.1) is 11.8 Å². The van der Waals surface area contributed by atoms with Crippen LogP contribution in [0.2, 0.25) is 0 Å². The molecule has 0 amide bonds. The Morgan fingerprint density at radius 1 is 0.913 bits per heavy atom. The Morgan fingerprint density at radius 3 is 2.30 bits per heavy atom. The maximum absolute atomic E-state index is 6.27. The molecule has 0 bridgehead atoms. The number of rotatable bonds is 2. The molecule has 0 saturated carbocycles. The fourth-order valence-electron chi connectivity index (χ4n) is 3.58. The second kappa shape index (κ2) is 4.95. The summed E-state index contributed by atoms with van der Waals surface area (Å²) in [4.78, 5) is 2.23. The molecule has 4 nitrogen and oxygen atoms in total. The van der Waals surface area contributed by atoms with Gasteiger partial charge in [-0.1, -0.05) is 27.7 Å².